The maximum Gasteiger partial charge on any atom is 0.119 e. The summed E-state index contributed by atoms with van der Waals surface area (Å²) in [5.41, 5.74) is 2.70. The van der Waals surface area contributed by atoms with Crippen LogP contribution in [0.3, 0.4) is 0 Å². The average Bonchev–Trinajstić information content (AvgIpc) is 3.52. The van der Waals surface area contributed by atoms with E-state index in [4.69, 9.17) is 9.47 Å². The van der Waals surface area contributed by atoms with Crippen LogP contribution in [-0.2, 0) is 0 Å². The lowest BCUT2D eigenvalue weighted by Crippen LogP contribution is -2.27. The van der Waals surface area contributed by atoms with Crippen LogP contribution in [0.5, 0.6) is 11.5 Å². The Morgan fingerprint density at radius 3 is 2.50 bits per heavy atom. The van der Waals surface area contributed by atoms with E-state index in [1.54, 1.807) is 7.11 Å². The number of methoxy groups -OCH3 is 1. The van der Waals surface area contributed by atoms with Gasteiger partial charge in [-0.3, -0.25) is 0 Å². The molecule has 0 aromatic heterocycles. The molecule has 2 atom stereocenters. The highest BCUT2D eigenvalue weighted by atomic mass is 16.5. The van der Waals surface area contributed by atoms with E-state index in [-0.39, 0.29) is 6.61 Å². The molecule has 2 saturated carbocycles. The lowest BCUT2D eigenvalue weighted by molar-refractivity contribution is 0.157. The normalized spacial score (nSPS) is 23.5. The van der Waals surface area contributed by atoms with Gasteiger partial charge in [0, 0.05) is 6.61 Å². The van der Waals surface area contributed by atoms with E-state index >= 15 is 0 Å². The molecular formula is C25H32O3. The zero-order chi connectivity index (χ0) is 19.5. The maximum absolute atomic E-state index is 9.64. The van der Waals surface area contributed by atoms with Crippen LogP contribution in [0, 0.1) is 17.8 Å². The highest BCUT2D eigenvalue weighted by Gasteiger charge is 2.36. The molecule has 150 valence electrons. The highest BCUT2D eigenvalue weighted by molar-refractivity contribution is 5.33. The lowest BCUT2D eigenvalue weighted by atomic mass is 9.72. The fraction of sp³-hybridized carbons (Fsp3) is 0.520. The zero-order valence-electron chi connectivity index (χ0n) is 17.0. The molecule has 0 spiro atoms. The first kappa shape index (κ1) is 19.3. The fourth-order valence-electron chi connectivity index (χ4n) is 4.70. The molecule has 2 aromatic carbocycles. The Kier molecular flexibility index (Phi) is 5.91. The van der Waals surface area contributed by atoms with Crippen LogP contribution in [0.25, 0.3) is 0 Å². The first-order valence-electron chi connectivity index (χ1n) is 10.7. The van der Waals surface area contributed by atoms with Gasteiger partial charge >= 0.3 is 0 Å². The monoisotopic (exact) mass is 380 g/mol. The molecule has 0 radical (unpaired) electrons. The lowest BCUT2D eigenvalue weighted by Gasteiger charge is -2.35. The van der Waals surface area contributed by atoms with Gasteiger partial charge in [-0.2, -0.15) is 0 Å². The molecule has 0 heterocycles. The highest BCUT2D eigenvalue weighted by Crippen LogP contribution is 2.47. The minimum absolute atomic E-state index is 0.250. The number of aliphatic hydroxyl groups excluding tert-OH is 1. The van der Waals surface area contributed by atoms with E-state index in [1.165, 1.54) is 36.8 Å². The van der Waals surface area contributed by atoms with Crippen LogP contribution in [-0.4, -0.2) is 25.4 Å². The fourth-order valence-corrected chi connectivity index (χ4v) is 4.70. The van der Waals surface area contributed by atoms with Crippen molar-refractivity contribution in [3.8, 4) is 11.5 Å². The molecule has 2 aromatic rings. The van der Waals surface area contributed by atoms with Crippen LogP contribution in [0.15, 0.2) is 48.5 Å². The second-order valence-corrected chi connectivity index (χ2v) is 8.72. The first-order chi connectivity index (χ1) is 13.7. The maximum atomic E-state index is 9.64. The van der Waals surface area contributed by atoms with Gasteiger partial charge in [0.25, 0.3) is 0 Å². The molecule has 0 aliphatic heterocycles. The summed E-state index contributed by atoms with van der Waals surface area (Å²) in [5, 5.41) is 9.64. The van der Waals surface area contributed by atoms with Crippen molar-refractivity contribution in [3.63, 3.8) is 0 Å². The molecule has 3 heteroatoms. The molecule has 4 rings (SSSR count). The molecule has 0 saturated heterocycles. The van der Waals surface area contributed by atoms with E-state index < -0.39 is 0 Å². The molecule has 28 heavy (non-hydrogen) atoms. The van der Waals surface area contributed by atoms with Crippen molar-refractivity contribution in [2.45, 2.75) is 44.4 Å². The van der Waals surface area contributed by atoms with Crippen LogP contribution in [0.2, 0.25) is 0 Å². The van der Waals surface area contributed by atoms with Crippen molar-refractivity contribution in [2.24, 2.45) is 17.8 Å². The third kappa shape index (κ3) is 4.35. The van der Waals surface area contributed by atoms with E-state index in [2.05, 4.69) is 49.4 Å². The van der Waals surface area contributed by atoms with Crippen molar-refractivity contribution in [1.82, 2.24) is 0 Å². The first-order valence-corrected chi connectivity index (χ1v) is 10.7. The summed E-state index contributed by atoms with van der Waals surface area (Å²) in [6.45, 7) is 3.19. The molecule has 0 amide bonds. The third-order valence-electron chi connectivity index (χ3n) is 6.56. The average molecular weight is 381 g/mol. The van der Waals surface area contributed by atoms with Gasteiger partial charge in [0.05, 0.1) is 13.7 Å². The Morgan fingerprint density at radius 1 is 1.04 bits per heavy atom. The van der Waals surface area contributed by atoms with E-state index in [0.29, 0.717) is 23.7 Å². The van der Waals surface area contributed by atoms with Gasteiger partial charge in [0.1, 0.15) is 11.5 Å². The van der Waals surface area contributed by atoms with Gasteiger partial charge in [0.2, 0.25) is 0 Å². The van der Waals surface area contributed by atoms with Crippen molar-refractivity contribution < 1.29 is 14.6 Å². The Bertz CT molecular complexity index is 777. The largest absolute Gasteiger partial charge is 0.497 e. The number of hydrogen-bond donors (Lipinski definition) is 1. The summed E-state index contributed by atoms with van der Waals surface area (Å²) in [4.78, 5) is 0. The van der Waals surface area contributed by atoms with Crippen LogP contribution < -0.4 is 9.47 Å². The summed E-state index contributed by atoms with van der Waals surface area (Å²) in [6.07, 6.45) is 4.93. The molecule has 3 nitrogen and oxygen atoms in total. The number of ether oxygens (including phenoxy) is 2. The predicted octanol–water partition coefficient (Wildman–Crippen LogP) is 5.39. The summed E-state index contributed by atoms with van der Waals surface area (Å²) in [7, 11) is 1.72. The molecule has 2 unspecified atom stereocenters. The molecule has 2 fully saturated rings. The predicted molar refractivity (Wildman–Crippen MR) is 112 cm³/mol. The summed E-state index contributed by atoms with van der Waals surface area (Å²) < 4.78 is 11.5. The second-order valence-electron chi connectivity index (χ2n) is 8.72. The van der Waals surface area contributed by atoms with Gasteiger partial charge in [-0.15, -0.1) is 0 Å². The topological polar surface area (TPSA) is 38.7 Å². The Balaban J connectivity index is 1.31. The van der Waals surface area contributed by atoms with Crippen LogP contribution in [0.1, 0.15) is 55.6 Å². The molecule has 2 aliphatic rings. The second kappa shape index (κ2) is 8.57. The van der Waals surface area contributed by atoms with Crippen molar-refractivity contribution in [1.29, 1.82) is 0 Å². The van der Waals surface area contributed by atoms with Gasteiger partial charge in [-0.05, 0) is 90.7 Å². The Morgan fingerprint density at radius 2 is 1.79 bits per heavy atom. The number of benzene rings is 2. The summed E-state index contributed by atoms with van der Waals surface area (Å²) >= 11 is 0. The standard InChI is InChI=1S/C25H32O3/c1-17(15-26)25(19-9-10-19)21-6-4-8-24(14-21)28-16-18-11-22(12-18)20-5-3-7-23(13-20)27-2/h3-8,13-14,17-19,22,25-26H,9-12,15-16H2,1-2H3. The SMILES string of the molecule is COc1cccc(C2CC(COc3cccc(C(C(C)CO)C4CC4)c3)C2)c1. The van der Waals surface area contributed by atoms with Crippen LogP contribution in [0.4, 0.5) is 0 Å². The molecule has 0 bridgehead atoms. The smallest absolute Gasteiger partial charge is 0.119 e. The minimum atomic E-state index is 0.250. The molecular weight excluding hydrogens is 348 g/mol. The van der Waals surface area contributed by atoms with Crippen molar-refractivity contribution >= 4 is 0 Å². The number of hydrogen-bond acceptors (Lipinski definition) is 3. The van der Waals surface area contributed by atoms with E-state index in [9.17, 15) is 5.11 Å². The summed E-state index contributed by atoms with van der Waals surface area (Å²) in [5.74, 6) is 4.64. The van der Waals surface area contributed by atoms with Crippen LogP contribution >= 0.6 is 0 Å². The number of rotatable bonds is 9. The Hall–Kier alpha value is -2.00. The molecule has 2 aliphatic carbocycles. The van der Waals surface area contributed by atoms with Gasteiger partial charge in [0.15, 0.2) is 0 Å². The van der Waals surface area contributed by atoms with E-state index in [0.717, 1.165) is 24.0 Å². The third-order valence-corrected chi connectivity index (χ3v) is 6.56. The minimum Gasteiger partial charge on any atom is -0.497 e. The van der Waals surface area contributed by atoms with Gasteiger partial charge in [-0.25, -0.2) is 0 Å². The summed E-state index contributed by atoms with van der Waals surface area (Å²) in [6, 6.07) is 17.0. The Labute approximate surface area is 168 Å². The van der Waals surface area contributed by atoms with Gasteiger partial charge in [-0.1, -0.05) is 31.2 Å². The van der Waals surface area contributed by atoms with Crippen molar-refractivity contribution in [2.75, 3.05) is 20.3 Å². The van der Waals surface area contributed by atoms with Crippen molar-refractivity contribution in [3.05, 3.63) is 59.7 Å². The molecule has 1 N–H and O–H groups in total. The van der Waals surface area contributed by atoms with E-state index in [1.807, 2.05) is 6.07 Å². The zero-order valence-corrected chi connectivity index (χ0v) is 17.0. The van der Waals surface area contributed by atoms with Gasteiger partial charge < -0.3 is 14.6 Å². The quantitative estimate of drug-likeness (QED) is 0.634. The number of aliphatic hydroxyl groups is 1.